The third kappa shape index (κ3) is 3.51. The average Bonchev–Trinajstić information content (AvgIpc) is 2.45. The van der Waals surface area contributed by atoms with Gasteiger partial charge in [0, 0.05) is 18.3 Å². The Kier molecular flexibility index (Phi) is 4.47. The Balaban J connectivity index is 2.24. The summed E-state index contributed by atoms with van der Waals surface area (Å²) in [5.74, 6) is 0.127. The van der Waals surface area contributed by atoms with Crippen molar-refractivity contribution in [2.75, 3.05) is 0 Å². The Morgan fingerprint density at radius 3 is 2.74 bits per heavy atom. The average molecular weight is 260 g/mol. The molecule has 1 aromatic heterocycles. The Labute approximate surface area is 112 Å². The lowest BCUT2D eigenvalue weighted by Crippen LogP contribution is -2.32. The van der Waals surface area contributed by atoms with Gasteiger partial charge in [-0.1, -0.05) is 19.1 Å². The third-order valence-corrected chi connectivity index (χ3v) is 2.90. The first-order valence-corrected chi connectivity index (χ1v) is 6.29. The summed E-state index contributed by atoms with van der Waals surface area (Å²) in [6, 6.07) is 11.4. The van der Waals surface area contributed by atoms with Gasteiger partial charge in [-0.2, -0.15) is 0 Å². The molecule has 3 nitrogen and oxygen atoms in total. The van der Waals surface area contributed by atoms with Crippen LogP contribution in [0.1, 0.15) is 25.1 Å². The summed E-state index contributed by atoms with van der Waals surface area (Å²) in [7, 11) is 0. The quantitative estimate of drug-likeness (QED) is 0.898. The largest absolute Gasteiger partial charge is 0.482 e. The summed E-state index contributed by atoms with van der Waals surface area (Å²) in [4.78, 5) is 4.27. The molecule has 0 saturated carbocycles. The molecule has 2 rings (SSSR count). The smallest absolute Gasteiger partial charge is 0.155 e. The molecule has 2 atom stereocenters. The topological polar surface area (TPSA) is 48.1 Å². The number of pyridine rings is 1. The maximum Gasteiger partial charge on any atom is 0.155 e. The van der Waals surface area contributed by atoms with Crippen LogP contribution in [0.25, 0.3) is 0 Å². The Morgan fingerprint density at radius 1 is 1.26 bits per heavy atom. The molecular weight excluding hydrogens is 243 g/mol. The fraction of sp³-hybridized carbons (Fsp3) is 0.267. The van der Waals surface area contributed by atoms with Gasteiger partial charge in [0.15, 0.2) is 6.10 Å². The number of halogens is 1. The van der Waals surface area contributed by atoms with Crippen molar-refractivity contribution < 1.29 is 9.13 Å². The highest BCUT2D eigenvalue weighted by Gasteiger charge is 2.21. The van der Waals surface area contributed by atoms with Crippen molar-refractivity contribution in [3.8, 4) is 5.75 Å². The van der Waals surface area contributed by atoms with Gasteiger partial charge in [0.1, 0.15) is 11.6 Å². The molecule has 2 aromatic rings. The van der Waals surface area contributed by atoms with E-state index >= 15 is 0 Å². The molecule has 0 bridgehead atoms. The summed E-state index contributed by atoms with van der Waals surface area (Å²) >= 11 is 0. The van der Waals surface area contributed by atoms with Crippen LogP contribution in [-0.4, -0.2) is 11.0 Å². The molecule has 4 heteroatoms. The minimum atomic E-state index is -0.381. The van der Waals surface area contributed by atoms with E-state index in [0.717, 1.165) is 12.1 Å². The number of rotatable bonds is 5. The van der Waals surface area contributed by atoms with Crippen molar-refractivity contribution in [2.24, 2.45) is 5.73 Å². The molecule has 0 aliphatic rings. The Morgan fingerprint density at radius 2 is 2.11 bits per heavy atom. The number of hydrogen-bond donors (Lipinski definition) is 1. The van der Waals surface area contributed by atoms with Crippen LogP contribution in [0.15, 0.2) is 48.7 Å². The maximum atomic E-state index is 13.2. The van der Waals surface area contributed by atoms with E-state index in [1.54, 1.807) is 18.3 Å². The van der Waals surface area contributed by atoms with Crippen LogP contribution in [-0.2, 0) is 0 Å². The molecule has 0 fully saturated rings. The highest BCUT2D eigenvalue weighted by atomic mass is 19.1. The Hall–Kier alpha value is -1.94. The number of ether oxygens (including phenoxy) is 1. The van der Waals surface area contributed by atoms with Gasteiger partial charge in [0.05, 0.1) is 5.69 Å². The molecule has 0 saturated heterocycles. The Bertz CT molecular complexity index is 519. The monoisotopic (exact) mass is 260 g/mol. The maximum absolute atomic E-state index is 13.2. The van der Waals surface area contributed by atoms with Crippen LogP contribution in [0, 0.1) is 5.82 Å². The summed E-state index contributed by atoms with van der Waals surface area (Å²) < 4.78 is 19.0. The first-order valence-electron chi connectivity index (χ1n) is 6.29. The number of nitrogens with zero attached hydrogens (tertiary/aromatic N) is 1. The van der Waals surface area contributed by atoms with Crippen molar-refractivity contribution >= 4 is 0 Å². The van der Waals surface area contributed by atoms with E-state index in [-0.39, 0.29) is 18.0 Å². The molecule has 0 aliphatic heterocycles. The van der Waals surface area contributed by atoms with E-state index in [9.17, 15) is 4.39 Å². The zero-order chi connectivity index (χ0) is 13.7. The highest BCUT2D eigenvalue weighted by Crippen LogP contribution is 2.24. The van der Waals surface area contributed by atoms with Crippen molar-refractivity contribution in [3.63, 3.8) is 0 Å². The van der Waals surface area contributed by atoms with Crippen LogP contribution >= 0.6 is 0 Å². The van der Waals surface area contributed by atoms with Crippen LogP contribution in [0.2, 0.25) is 0 Å². The van der Waals surface area contributed by atoms with Crippen molar-refractivity contribution in [1.29, 1.82) is 0 Å². The molecule has 0 aliphatic carbocycles. The van der Waals surface area contributed by atoms with Gasteiger partial charge in [-0.15, -0.1) is 0 Å². The molecule has 1 aromatic carbocycles. The van der Waals surface area contributed by atoms with E-state index in [1.165, 1.54) is 12.1 Å². The van der Waals surface area contributed by atoms with Gasteiger partial charge in [-0.25, -0.2) is 4.39 Å². The molecule has 0 amide bonds. The first-order chi connectivity index (χ1) is 9.20. The highest BCUT2D eigenvalue weighted by molar-refractivity contribution is 5.24. The van der Waals surface area contributed by atoms with Gasteiger partial charge in [0.25, 0.3) is 0 Å². The van der Waals surface area contributed by atoms with E-state index < -0.39 is 0 Å². The predicted octanol–water partition coefficient (Wildman–Crippen LogP) is 3.08. The van der Waals surface area contributed by atoms with Crippen LogP contribution in [0.5, 0.6) is 5.75 Å². The van der Waals surface area contributed by atoms with Crippen molar-refractivity contribution in [3.05, 3.63) is 60.2 Å². The number of benzene rings is 1. The summed E-state index contributed by atoms with van der Waals surface area (Å²) in [6.45, 7) is 1.98. The van der Waals surface area contributed by atoms with E-state index in [4.69, 9.17) is 10.5 Å². The fourth-order valence-corrected chi connectivity index (χ4v) is 1.81. The predicted molar refractivity (Wildman–Crippen MR) is 72.3 cm³/mol. The second-order valence-corrected chi connectivity index (χ2v) is 4.32. The van der Waals surface area contributed by atoms with Crippen LogP contribution in [0.4, 0.5) is 4.39 Å². The lowest BCUT2D eigenvalue weighted by atomic mass is 10.1. The number of aromatic nitrogens is 1. The van der Waals surface area contributed by atoms with Gasteiger partial charge < -0.3 is 10.5 Å². The van der Waals surface area contributed by atoms with Crippen molar-refractivity contribution in [2.45, 2.75) is 25.5 Å². The molecular formula is C15H17FN2O. The van der Waals surface area contributed by atoms with E-state index in [1.807, 2.05) is 25.1 Å². The molecule has 1 heterocycles. The third-order valence-electron chi connectivity index (χ3n) is 2.90. The summed E-state index contributed by atoms with van der Waals surface area (Å²) in [6.07, 6.45) is 2.06. The van der Waals surface area contributed by atoms with Crippen LogP contribution in [0.3, 0.4) is 0 Å². The summed E-state index contributed by atoms with van der Waals surface area (Å²) in [5, 5.41) is 0. The molecule has 19 heavy (non-hydrogen) atoms. The van der Waals surface area contributed by atoms with Gasteiger partial charge in [-0.05, 0) is 30.7 Å². The standard InChI is InChI=1S/C15H17FN2O/c1-2-13(17)15(14-8-3-4-9-18-14)19-12-7-5-6-11(16)10-12/h3-10,13,15H,2,17H2,1H3. The minimum Gasteiger partial charge on any atom is -0.482 e. The molecule has 0 radical (unpaired) electrons. The van der Waals surface area contributed by atoms with Gasteiger partial charge >= 0.3 is 0 Å². The number of hydrogen-bond acceptors (Lipinski definition) is 3. The molecule has 2 N–H and O–H groups in total. The van der Waals surface area contributed by atoms with E-state index in [2.05, 4.69) is 4.98 Å². The molecule has 0 spiro atoms. The minimum absolute atomic E-state index is 0.196. The second kappa shape index (κ2) is 6.29. The summed E-state index contributed by atoms with van der Waals surface area (Å²) in [5.41, 5.74) is 6.83. The molecule has 100 valence electrons. The van der Waals surface area contributed by atoms with Crippen molar-refractivity contribution in [1.82, 2.24) is 4.98 Å². The van der Waals surface area contributed by atoms with Gasteiger partial charge in [0.2, 0.25) is 0 Å². The number of nitrogens with two attached hydrogens (primary N) is 1. The van der Waals surface area contributed by atoms with Gasteiger partial charge in [-0.3, -0.25) is 4.98 Å². The molecule has 2 unspecified atom stereocenters. The lowest BCUT2D eigenvalue weighted by Gasteiger charge is -2.23. The fourth-order valence-electron chi connectivity index (χ4n) is 1.81. The first kappa shape index (κ1) is 13.5. The van der Waals surface area contributed by atoms with E-state index in [0.29, 0.717) is 5.75 Å². The second-order valence-electron chi connectivity index (χ2n) is 4.32. The zero-order valence-corrected chi connectivity index (χ0v) is 10.8. The zero-order valence-electron chi connectivity index (χ0n) is 10.8. The van der Waals surface area contributed by atoms with Crippen LogP contribution < -0.4 is 10.5 Å². The SMILES string of the molecule is CCC(N)C(Oc1cccc(F)c1)c1ccccn1. The normalized spacial score (nSPS) is 13.8. The lowest BCUT2D eigenvalue weighted by molar-refractivity contribution is 0.166.